The topological polar surface area (TPSA) is 484 Å². The molecule has 0 spiro atoms. The lowest BCUT2D eigenvalue weighted by atomic mass is 9.43. The molecule has 3 aliphatic heterocycles. The smallest absolute Gasteiger partial charge is 0.463 e. The lowest BCUT2D eigenvalue weighted by molar-refractivity contribution is -0.207. The zero-order valence-electron chi connectivity index (χ0n) is 53.6. The molecule has 36 heteroatoms. The number of carbonyl (C=O) groups excluding carboxylic acids is 2. The SMILES string of the molecule is C[C@H](CCC(=O)NCCCCCC(=O)OC[C@@H]1C[C@@H](OP(=O)(O)OC[C@@H]2C[C@@H](OP(=O)(O)OC[C@@H]3C[C@@H](O)[C@H](n4cnc5c(N)ncnc54)O3)[C@H](n3cnc4c(N)ncnc43)O2)[C@H](n2cnc3c(N)ncnc32)O1)[C@H]1CC[C@H]2[C@@H]3[C@H](O)C[C@@H]4C[C@H](O)CC[C@]4(C)[C@H]3C[C@H](O)[C@]12C. The maximum Gasteiger partial charge on any atom is 0.472 e. The first kappa shape index (κ1) is 68.5. The maximum absolute atomic E-state index is 14.0. The third-order valence-electron chi connectivity index (χ3n) is 22.0. The van der Waals surface area contributed by atoms with Crippen LogP contribution in [0.5, 0.6) is 0 Å². The second-order valence-electron chi connectivity index (χ2n) is 27.7. The van der Waals surface area contributed by atoms with E-state index in [1.165, 1.54) is 51.7 Å². The largest absolute Gasteiger partial charge is 0.472 e. The van der Waals surface area contributed by atoms with Crippen molar-refractivity contribution in [3.8, 4) is 0 Å². The number of aliphatic hydroxyl groups is 4. The molecule has 0 radical (unpaired) electrons. The van der Waals surface area contributed by atoms with Gasteiger partial charge in [0, 0.05) is 38.6 Å². The molecule has 13 rings (SSSR count). The minimum Gasteiger partial charge on any atom is -0.463 e. The number of unbranched alkanes of at least 4 members (excludes halogenated alkanes) is 2. The molecule has 1 amide bonds. The van der Waals surface area contributed by atoms with Crippen LogP contribution < -0.4 is 22.5 Å². The van der Waals surface area contributed by atoms with E-state index in [4.69, 9.17) is 54.2 Å². The Morgan fingerprint density at radius 2 is 1.17 bits per heavy atom. The Balaban J connectivity index is 0.575. The lowest BCUT2D eigenvalue weighted by Crippen LogP contribution is -2.62. The van der Waals surface area contributed by atoms with Crippen LogP contribution in [0.4, 0.5) is 17.5 Å². The van der Waals surface area contributed by atoms with E-state index in [-0.39, 0.29) is 130 Å². The molecule has 96 heavy (non-hydrogen) atoms. The number of phosphoric ester groups is 2. The Bertz CT molecular complexity index is 3890. The Morgan fingerprint density at radius 1 is 0.635 bits per heavy atom. The third kappa shape index (κ3) is 13.6. The van der Waals surface area contributed by atoms with Gasteiger partial charge in [0.05, 0.1) is 68.8 Å². The summed E-state index contributed by atoms with van der Waals surface area (Å²) in [5, 5.41) is 48.2. The van der Waals surface area contributed by atoms with Gasteiger partial charge in [-0.2, -0.15) is 0 Å². The Kier molecular flexibility index (Phi) is 19.7. The fraction of sp³-hybridized carbons (Fsp3) is 0.717. The van der Waals surface area contributed by atoms with Gasteiger partial charge in [-0.3, -0.25) is 41.4 Å². The summed E-state index contributed by atoms with van der Waals surface area (Å²) < 4.78 is 79.0. The summed E-state index contributed by atoms with van der Waals surface area (Å²) in [4.78, 5) is 86.4. The first-order valence-corrected chi connectivity index (χ1v) is 36.1. The Hall–Kier alpha value is -6.07. The van der Waals surface area contributed by atoms with E-state index in [0.29, 0.717) is 62.7 Å². The summed E-state index contributed by atoms with van der Waals surface area (Å²) in [7, 11) is -10.1. The molecule has 4 aliphatic carbocycles. The number of phosphoric acid groups is 2. The molecular weight excluding hydrogens is 1290 g/mol. The molecule has 6 aromatic rings. The number of hydrogen-bond acceptors (Lipinski definition) is 28. The highest BCUT2D eigenvalue weighted by Gasteiger charge is 2.66. The number of nitrogen functional groups attached to an aromatic ring is 3. The van der Waals surface area contributed by atoms with Crippen LogP contribution in [0.15, 0.2) is 38.0 Å². The van der Waals surface area contributed by atoms with Gasteiger partial charge in [-0.15, -0.1) is 0 Å². The van der Waals surface area contributed by atoms with Gasteiger partial charge in [0.1, 0.15) is 60.5 Å². The molecule has 4 saturated carbocycles. The van der Waals surface area contributed by atoms with Crippen LogP contribution in [0.3, 0.4) is 0 Å². The number of amides is 1. The van der Waals surface area contributed by atoms with Gasteiger partial charge in [-0.25, -0.2) is 54.0 Å². The van der Waals surface area contributed by atoms with E-state index in [2.05, 4.69) is 70.9 Å². The number of aliphatic hydroxyl groups excluding tert-OH is 4. The summed E-state index contributed by atoms with van der Waals surface area (Å²) in [6.45, 7) is 5.81. The van der Waals surface area contributed by atoms with E-state index in [1.807, 2.05) is 0 Å². The van der Waals surface area contributed by atoms with Crippen LogP contribution in [-0.2, 0) is 55.8 Å². The van der Waals surface area contributed by atoms with Crippen LogP contribution in [0.2, 0.25) is 0 Å². The molecule has 0 bridgehead atoms. The normalized spacial score (nSPS) is 35.2. The van der Waals surface area contributed by atoms with Crippen LogP contribution >= 0.6 is 15.6 Å². The second kappa shape index (κ2) is 27.6. The minimum absolute atomic E-state index is 0.00102. The van der Waals surface area contributed by atoms with E-state index in [9.17, 15) is 48.9 Å². The van der Waals surface area contributed by atoms with Crippen LogP contribution in [0.1, 0.15) is 142 Å². The monoisotopic (exact) mass is 1380 g/mol. The number of rotatable bonds is 25. The predicted octanol–water partition coefficient (Wildman–Crippen LogP) is 4.08. The number of nitrogens with one attached hydrogen (secondary N) is 1. The van der Waals surface area contributed by atoms with Crippen molar-refractivity contribution in [3.63, 3.8) is 0 Å². The summed E-state index contributed by atoms with van der Waals surface area (Å²) in [6, 6.07) is 0. The van der Waals surface area contributed by atoms with Gasteiger partial charge >= 0.3 is 21.6 Å². The van der Waals surface area contributed by atoms with Crippen molar-refractivity contribution < 1.29 is 86.0 Å². The van der Waals surface area contributed by atoms with E-state index in [1.54, 1.807) is 0 Å². The zero-order chi connectivity index (χ0) is 67.6. The molecule has 7 aliphatic rings. The van der Waals surface area contributed by atoms with E-state index < -0.39 is 102 Å². The first-order valence-electron chi connectivity index (χ1n) is 33.1. The van der Waals surface area contributed by atoms with Crippen molar-refractivity contribution in [2.45, 2.75) is 197 Å². The average Bonchev–Trinajstić information content (AvgIpc) is 1.28. The van der Waals surface area contributed by atoms with Gasteiger partial charge in [0.2, 0.25) is 5.91 Å². The van der Waals surface area contributed by atoms with Gasteiger partial charge in [-0.05, 0) is 111 Å². The highest BCUT2D eigenvalue weighted by molar-refractivity contribution is 7.47. The van der Waals surface area contributed by atoms with Crippen molar-refractivity contribution in [3.05, 3.63) is 38.0 Å². The highest BCUT2D eigenvalue weighted by Crippen LogP contribution is 2.68. The molecular formula is C60H86N16O18P2. The quantitative estimate of drug-likeness (QED) is 0.0219. The number of nitrogens with zero attached hydrogens (tertiary/aromatic N) is 12. The van der Waals surface area contributed by atoms with Gasteiger partial charge in [0.15, 0.2) is 53.1 Å². The molecule has 2 unspecified atom stereocenters. The van der Waals surface area contributed by atoms with E-state index in [0.717, 1.165) is 32.1 Å². The van der Waals surface area contributed by atoms with Crippen LogP contribution in [0, 0.1) is 46.3 Å². The lowest BCUT2D eigenvalue weighted by Gasteiger charge is -2.63. The number of esters is 1. The first-order chi connectivity index (χ1) is 45.9. The molecule has 0 aromatic carbocycles. The Labute approximate surface area is 551 Å². The number of imidazole rings is 3. The predicted molar refractivity (Wildman–Crippen MR) is 337 cm³/mol. The standard InChI is InChI=1S/C60H86N16O18P2/c1-30(36-9-10-37-46-38(20-43(80)60(36,37)3)59(2)13-12-32(77)15-31(59)16-39(46)78)8-11-44(81)64-14-6-4-5-7-45(82)87-21-34-18-41(57(91-34)75-28-72-48-51(62)66-25-69-54(48)75)93-96(85,86)89-23-35-19-42(58(92-35)76-29-73-49-52(63)67-26-70-55(49)76)94-95(83,84)88-22-33-17-40(79)56(90-33)74-27-71-47-50(61)65-24-68-53(47)74/h24-43,46,56-58,77-80H,4-23H2,1-3H3,(H,64,81)(H,83,84)(H,85,86)(H2,61,65,68)(H2,62,66,69)(H2,63,67,70)/t30-,31+,32-,33+,34+,35+,36-,37+,38+,39-,40-,41-,42-,43+,46+,56-,57-,58-,59+,60-/m1/s1. The third-order valence-corrected chi connectivity index (χ3v) is 24.0. The van der Waals surface area contributed by atoms with Crippen molar-refractivity contribution in [1.82, 2.24) is 63.9 Å². The van der Waals surface area contributed by atoms with Crippen LogP contribution in [0.25, 0.3) is 33.5 Å². The summed E-state index contributed by atoms with van der Waals surface area (Å²) in [5.74, 6) is 0.888. The molecule has 22 atom stereocenters. The fourth-order valence-corrected chi connectivity index (χ4v) is 19.1. The number of nitrogens with two attached hydrogens (primary N) is 3. The highest BCUT2D eigenvalue weighted by atomic mass is 31.2. The second-order valence-corrected chi connectivity index (χ2v) is 30.5. The number of ether oxygens (including phenoxy) is 4. The fourth-order valence-electron chi connectivity index (χ4n) is 17.2. The number of anilines is 3. The van der Waals surface area contributed by atoms with Crippen molar-refractivity contribution in [2.24, 2.45) is 46.3 Å². The summed E-state index contributed by atoms with van der Waals surface area (Å²) >= 11 is 0. The number of carbonyl (C=O) groups is 2. The average molecular weight is 1380 g/mol. The molecule has 34 nitrogen and oxygen atoms in total. The molecule has 13 N–H and O–H groups in total. The Morgan fingerprint density at radius 3 is 1.74 bits per heavy atom. The molecule has 7 fully saturated rings. The molecule has 3 saturated heterocycles. The van der Waals surface area contributed by atoms with Crippen LogP contribution in [-0.4, -0.2) is 182 Å². The van der Waals surface area contributed by atoms with Crippen molar-refractivity contribution in [2.75, 3.05) is 43.6 Å². The van der Waals surface area contributed by atoms with Gasteiger partial charge in [0.25, 0.3) is 0 Å². The minimum atomic E-state index is -5.07. The zero-order valence-corrected chi connectivity index (χ0v) is 55.4. The number of hydrogen-bond donors (Lipinski definition) is 10. The van der Waals surface area contributed by atoms with Crippen molar-refractivity contribution in [1.29, 1.82) is 0 Å². The summed E-state index contributed by atoms with van der Waals surface area (Å²) in [6.07, 6.45) is 4.66. The molecule has 524 valence electrons. The van der Waals surface area contributed by atoms with E-state index >= 15 is 0 Å². The maximum atomic E-state index is 14.0. The summed E-state index contributed by atoms with van der Waals surface area (Å²) in [5.41, 5.74) is 19.1. The molecule has 9 heterocycles. The van der Waals surface area contributed by atoms with Crippen molar-refractivity contribution >= 4 is 78.5 Å². The van der Waals surface area contributed by atoms with Gasteiger partial charge in [-0.1, -0.05) is 27.2 Å². The number of aromatic nitrogens is 12. The molecule has 6 aromatic heterocycles. The number of fused-ring (bicyclic) bond motifs is 8. The van der Waals surface area contributed by atoms with Gasteiger partial charge < -0.3 is 71.7 Å².